The number of nitrogens with zero attached hydrogens (tertiary/aromatic N) is 4. The minimum absolute atomic E-state index is 0.407. The van der Waals surface area contributed by atoms with Crippen molar-refractivity contribution in [2.24, 2.45) is 0 Å². The lowest BCUT2D eigenvalue weighted by Gasteiger charge is -2.36. The molecule has 21 heavy (non-hydrogen) atoms. The summed E-state index contributed by atoms with van der Waals surface area (Å²) < 4.78 is 0. The summed E-state index contributed by atoms with van der Waals surface area (Å²) in [5, 5.41) is 0. The molecule has 4 nitrogen and oxygen atoms in total. The summed E-state index contributed by atoms with van der Waals surface area (Å²) in [6.45, 7) is 6.03. The average Bonchev–Trinajstić information content (AvgIpc) is 2.55. The first-order valence-corrected chi connectivity index (χ1v) is 7.73. The van der Waals surface area contributed by atoms with Crippen LogP contribution in [0.25, 0.3) is 0 Å². The van der Waals surface area contributed by atoms with E-state index in [1.165, 1.54) is 11.3 Å². The number of rotatable bonds is 3. The Labute approximate surface area is 130 Å². The Morgan fingerprint density at radius 3 is 2.57 bits per heavy atom. The highest BCUT2D eigenvalue weighted by Crippen LogP contribution is 2.20. The van der Waals surface area contributed by atoms with Crippen LogP contribution < -0.4 is 9.80 Å². The minimum Gasteiger partial charge on any atom is -0.368 e. The van der Waals surface area contributed by atoms with Gasteiger partial charge >= 0.3 is 0 Å². The van der Waals surface area contributed by atoms with Crippen molar-refractivity contribution in [3.05, 3.63) is 47.9 Å². The smallest absolute Gasteiger partial charge is 0.147 e. The fourth-order valence-electron chi connectivity index (χ4n) is 2.63. The number of alkyl halides is 1. The molecule has 0 aliphatic carbocycles. The Kier molecular flexibility index (Phi) is 4.25. The SMILES string of the molecule is Cc1cccc(N2CCN(c3cncc(CCl)n3)CC2)c1. The highest BCUT2D eigenvalue weighted by molar-refractivity contribution is 6.16. The molecule has 1 fully saturated rings. The molecule has 1 aliphatic rings. The van der Waals surface area contributed by atoms with Crippen molar-refractivity contribution in [1.29, 1.82) is 0 Å². The lowest BCUT2D eigenvalue weighted by molar-refractivity contribution is 0.645. The Bertz CT molecular complexity index is 609. The van der Waals surface area contributed by atoms with Gasteiger partial charge < -0.3 is 9.80 Å². The lowest BCUT2D eigenvalue weighted by atomic mass is 10.2. The third-order valence-electron chi connectivity index (χ3n) is 3.78. The lowest BCUT2D eigenvalue weighted by Crippen LogP contribution is -2.47. The second kappa shape index (κ2) is 6.31. The van der Waals surface area contributed by atoms with Crippen molar-refractivity contribution < 1.29 is 0 Å². The molecule has 0 N–H and O–H groups in total. The van der Waals surface area contributed by atoms with Crippen LogP contribution in [-0.4, -0.2) is 36.1 Å². The highest BCUT2D eigenvalue weighted by atomic mass is 35.5. The van der Waals surface area contributed by atoms with Gasteiger partial charge in [0.2, 0.25) is 0 Å². The van der Waals surface area contributed by atoms with E-state index in [1.807, 2.05) is 6.20 Å². The van der Waals surface area contributed by atoms with E-state index in [4.69, 9.17) is 11.6 Å². The number of hydrogen-bond acceptors (Lipinski definition) is 4. The molecular weight excluding hydrogens is 284 g/mol. The van der Waals surface area contributed by atoms with Crippen LogP contribution in [0.1, 0.15) is 11.3 Å². The van der Waals surface area contributed by atoms with E-state index >= 15 is 0 Å². The zero-order valence-corrected chi connectivity index (χ0v) is 12.9. The van der Waals surface area contributed by atoms with Gasteiger partial charge in [0.15, 0.2) is 0 Å². The van der Waals surface area contributed by atoms with E-state index < -0.39 is 0 Å². The monoisotopic (exact) mass is 302 g/mol. The molecule has 0 radical (unpaired) electrons. The van der Waals surface area contributed by atoms with Crippen LogP contribution in [0.2, 0.25) is 0 Å². The van der Waals surface area contributed by atoms with Crippen molar-refractivity contribution in [2.75, 3.05) is 36.0 Å². The van der Waals surface area contributed by atoms with Crippen molar-refractivity contribution in [1.82, 2.24) is 9.97 Å². The van der Waals surface area contributed by atoms with Crippen LogP contribution in [-0.2, 0) is 5.88 Å². The quantitative estimate of drug-likeness (QED) is 0.816. The fraction of sp³-hybridized carbons (Fsp3) is 0.375. The first kappa shape index (κ1) is 14.1. The molecule has 110 valence electrons. The Morgan fingerprint density at radius 1 is 1.10 bits per heavy atom. The molecule has 2 heterocycles. The fourth-order valence-corrected chi connectivity index (χ4v) is 2.76. The standard InChI is InChI=1S/C16H19ClN4/c1-13-3-2-4-15(9-13)20-5-7-21(8-6-20)16-12-18-11-14(10-17)19-16/h2-4,9,11-12H,5-8,10H2,1H3. The number of aromatic nitrogens is 2. The van der Waals surface area contributed by atoms with E-state index in [0.717, 1.165) is 37.7 Å². The van der Waals surface area contributed by atoms with Gasteiger partial charge in [0.25, 0.3) is 0 Å². The number of hydrogen-bond donors (Lipinski definition) is 0. The maximum Gasteiger partial charge on any atom is 0.147 e. The summed E-state index contributed by atoms with van der Waals surface area (Å²) in [7, 11) is 0. The summed E-state index contributed by atoms with van der Waals surface area (Å²) in [4.78, 5) is 13.4. The molecule has 0 spiro atoms. The van der Waals surface area contributed by atoms with Crippen molar-refractivity contribution >= 4 is 23.1 Å². The second-order valence-corrected chi connectivity index (χ2v) is 5.58. The van der Waals surface area contributed by atoms with Crippen LogP contribution in [0.4, 0.5) is 11.5 Å². The molecule has 0 saturated carbocycles. The largest absolute Gasteiger partial charge is 0.368 e. The highest BCUT2D eigenvalue weighted by Gasteiger charge is 2.18. The number of piperazine rings is 1. The molecule has 0 unspecified atom stereocenters. The van der Waals surface area contributed by atoms with Crippen molar-refractivity contribution in [2.45, 2.75) is 12.8 Å². The molecule has 0 bridgehead atoms. The Balaban J connectivity index is 1.67. The number of anilines is 2. The third-order valence-corrected chi connectivity index (χ3v) is 4.05. The summed E-state index contributed by atoms with van der Waals surface area (Å²) in [5.74, 6) is 1.33. The van der Waals surface area contributed by atoms with E-state index in [0.29, 0.717) is 5.88 Å². The Hall–Kier alpha value is -1.81. The summed E-state index contributed by atoms with van der Waals surface area (Å²) in [6, 6.07) is 8.67. The molecule has 5 heteroatoms. The van der Waals surface area contributed by atoms with Gasteiger partial charge in [0.1, 0.15) is 5.82 Å². The predicted octanol–water partition coefficient (Wildman–Crippen LogP) is 2.85. The van der Waals surface area contributed by atoms with Gasteiger partial charge in [0, 0.05) is 38.1 Å². The summed E-state index contributed by atoms with van der Waals surface area (Å²) in [5.41, 5.74) is 3.43. The molecule has 3 rings (SSSR count). The average molecular weight is 303 g/mol. The number of benzene rings is 1. The zero-order chi connectivity index (χ0) is 14.7. The first-order valence-electron chi connectivity index (χ1n) is 7.20. The molecule has 2 aromatic rings. The van der Waals surface area contributed by atoms with Gasteiger partial charge in [-0.05, 0) is 24.6 Å². The molecule has 1 saturated heterocycles. The summed E-state index contributed by atoms with van der Waals surface area (Å²) in [6.07, 6.45) is 3.54. The third kappa shape index (κ3) is 3.27. The van der Waals surface area contributed by atoms with Gasteiger partial charge in [-0.3, -0.25) is 4.98 Å². The molecule has 1 aliphatic heterocycles. The zero-order valence-electron chi connectivity index (χ0n) is 12.2. The van der Waals surface area contributed by atoms with Gasteiger partial charge in [0.05, 0.1) is 17.8 Å². The second-order valence-electron chi connectivity index (χ2n) is 5.32. The molecular formula is C16H19ClN4. The topological polar surface area (TPSA) is 32.3 Å². The van der Waals surface area contributed by atoms with Gasteiger partial charge in [-0.25, -0.2) is 4.98 Å². The molecule has 0 amide bonds. The molecule has 1 aromatic carbocycles. The van der Waals surface area contributed by atoms with E-state index in [9.17, 15) is 0 Å². The number of aryl methyl sites for hydroxylation is 1. The van der Waals surface area contributed by atoms with Crippen LogP contribution in [0.15, 0.2) is 36.7 Å². The number of halogens is 1. The van der Waals surface area contributed by atoms with E-state index in [1.54, 1.807) is 6.20 Å². The maximum absolute atomic E-state index is 5.83. The van der Waals surface area contributed by atoms with Crippen LogP contribution in [0.3, 0.4) is 0 Å². The first-order chi connectivity index (χ1) is 10.3. The van der Waals surface area contributed by atoms with Crippen LogP contribution >= 0.6 is 11.6 Å². The van der Waals surface area contributed by atoms with E-state index in [2.05, 4.69) is 51.0 Å². The van der Waals surface area contributed by atoms with E-state index in [-0.39, 0.29) is 0 Å². The van der Waals surface area contributed by atoms with Gasteiger partial charge in [-0.2, -0.15) is 0 Å². The van der Waals surface area contributed by atoms with Crippen molar-refractivity contribution in [3.63, 3.8) is 0 Å². The predicted molar refractivity (Wildman–Crippen MR) is 87.2 cm³/mol. The van der Waals surface area contributed by atoms with Crippen LogP contribution in [0, 0.1) is 6.92 Å². The summed E-state index contributed by atoms with van der Waals surface area (Å²) >= 11 is 5.83. The molecule has 1 aromatic heterocycles. The molecule has 0 atom stereocenters. The minimum atomic E-state index is 0.407. The normalized spacial score (nSPS) is 15.3. The van der Waals surface area contributed by atoms with Crippen molar-refractivity contribution in [3.8, 4) is 0 Å². The maximum atomic E-state index is 5.83. The van der Waals surface area contributed by atoms with Gasteiger partial charge in [-0.15, -0.1) is 11.6 Å². The van der Waals surface area contributed by atoms with Crippen LogP contribution in [0.5, 0.6) is 0 Å². The van der Waals surface area contributed by atoms with Gasteiger partial charge in [-0.1, -0.05) is 12.1 Å². The Morgan fingerprint density at radius 2 is 1.86 bits per heavy atom.